The molecule has 0 spiro atoms. The van der Waals surface area contributed by atoms with Gasteiger partial charge in [-0.25, -0.2) is 4.39 Å². The molecular formula is C14H17FN2O2. The minimum Gasteiger partial charge on any atom is -0.359 e. The molecule has 1 heterocycles. The Labute approximate surface area is 111 Å². The third-order valence-corrected chi connectivity index (χ3v) is 3.40. The van der Waals surface area contributed by atoms with Gasteiger partial charge in [0.05, 0.1) is 5.92 Å². The Hall–Kier alpha value is -1.91. The van der Waals surface area contributed by atoms with Crippen LogP contribution in [0.2, 0.25) is 0 Å². The number of carbonyl (C=O) groups is 2. The molecule has 0 radical (unpaired) electrons. The molecule has 5 heteroatoms. The molecular weight excluding hydrogens is 247 g/mol. The highest BCUT2D eigenvalue weighted by Gasteiger charge is 2.28. The molecule has 1 N–H and O–H groups in total. The summed E-state index contributed by atoms with van der Waals surface area (Å²) in [6.07, 6.45) is 1.58. The van der Waals surface area contributed by atoms with Gasteiger partial charge in [-0.05, 0) is 31.0 Å². The second-order valence-electron chi connectivity index (χ2n) is 4.71. The smallest absolute Gasteiger partial charge is 0.253 e. The maximum Gasteiger partial charge on any atom is 0.253 e. The number of halogens is 1. The third-order valence-electron chi connectivity index (χ3n) is 3.40. The van der Waals surface area contributed by atoms with Crippen molar-refractivity contribution in [1.29, 1.82) is 0 Å². The fourth-order valence-corrected chi connectivity index (χ4v) is 2.38. The van der Waals surface area contributed by atoms with Gasteiger partial charge in [0.1, 0.15) is 5.82 Å². The summed E-state index contributed by atoms with van der Waals surface area (Å²) in [6.45, 7) is 1.01. The summed E-state index contributed by atoms with van der Waals surface area (Å²) >= 11 is 0. The van der Waals surface area contributed by atoms with Crippen LogP contribution in [0, 0.1) is 11.7 Å². The molecule has 2 rings (SSSR count). The van der Waals surface area contributed by atoms with Crippen LogP contribution >= 0.6 is 0 Å². The lowest BCUT2D eigenvalue weighted by atomic mass is 9.96. The van der Waals surface area contributed by atoms with Crippen LogP contribution in [-0.4, -0.2) is 36.9 Å². The Kier molecular flexibility index (Phi) is 4.14. The molecule has 0 bridgehead atoms. The summed E-state index contributed by atoms with van der Waals surface area (Å²) in [5.41, 5.74) is 0.331. The molecule has 1 unspecified atom stereocenters. The Bertz CT molecular complexity index is 490. The molecule has 1 aromatic rings. The lowest BCUT2D eigenvalue weighted by molar-refractivity contribution is -0.125. The molecule has 19 heavy (non-hydrogen) atoms. The van der Waals surface area contributed by atoms with Crippen LogP contribution in [0.3, 0.4) is 0 Å². The van der Waals surface area contributed by atoms with E-state index in [2.05, 4.69) is 5.32 Å². The highest BCUT2D eigenvalue weighted by Crippen LogP contribution is 2.19. The largest absolute Gasteiger partial charge is 0.359 e. The summed E-state index contributed by atoms with van der Waals surface area (Å²) in [6, 6.07) is 5.64. The quantitative estimate of drug-likeness (QED) is 0.878. The van der Waals surface area contributed by atoms with E-state index >= 15 is 0 Å². The summed E-state index contributed by atoms with van der Waals surface area (Å²) in [5.74, 6) is -0.855. The minimum atomic E-state index is -0.425. The number of piperidine rings is 1. The van der Waals surface area contributed by atoms with Crippen molar-refractivity contribution < 1.29 is 14.0 Å². The number of carbonyl (C=O) groups excluding carboxylic acids is 2. The van der Waals surface area contributed by atoms with Gasteiger partial charge in [-0.1, -0.05) is 6.07 Å². The minimum absolute atomic E-state index is 0.0447. The maximum absolute atomic E-state index is 13.1. The zero-order valence-electron chi connectivity index (χ0n) is 10.9. The first-order valence-electron chi connectivity index (χ1n) is 6.38. The van der Waals surface area contributed by atoms with Crippen molar-refractivity contribution in [2.45, 2.75) is 12.8 Å². The van der Waals surface area contributed by atoms with E-state index in [4.69, 9.17) is 0 Å². The zero-order valence-corrected chi connectivity index (χ0v) is 10.9. The van der Waals surface area contributed by atoms with Crippen molar-refractivity contribution in [3.05, 3.63) is 35.6 Å². The summed E-state index contributed by atoms with van der Waals surface area (Å²) in [4.78, 5) is 25.5. The van der Waals surface area contributed by atoms with Gasteiger partial charge in [0, 0.05) is 25.7 Å². The van der Waals surface area contributed by atoms with Gasteiger partial charge >= 0.3 is 0 Å². The Morgan fingerprint density at radius 3 is 2.89 bits per heavy atom. The van der Waals surface area contributed by atoms with Crippen molar-refractivity contribution in [2.75, 3.05) is 20.1 Å². The van der Waals surface area contributed by atoms with E-state index in [1.807, 2.05) is 0 Å². The van der Waals surface area contributed by atoms with Gasteiger partial charge in [-0.2, -0.15) is 0 Å². The van der Waals surface area contributed by atoms with E-state index in [1.165, 1.54) is 18.2 Å². The average molecular weight is 264 g/mol. The lowest BCUT2D eigenvalue weighted by Gasteiger charge is -2.31. The standard InChI is InChI=1S/C14H17FN2O2/c1-16-13(18)11-5-3-7-17(9-11)14(19)10-4-2-6-12(15)8-10/h2,4,6,8,11H,3,5,7,9H2,1H3,(H,16,18). The summed E-state index contributed by atoms with van der Waals surface area (Å²) < 4.78 is 13.1. The monoisotopic (exact) mass is 264 g/mol. The predicted octanol–water partition coefficient (Wildman–Crippen LogP) is 1.42. The highest BCUT2D eigenvalue weighted by atomic mass is 19.1. The molecule has 1 fully saturated rings. The second kappa shape index (κ2) is 5.82. The number of rotatable bonds is 2. The van der Waals surface area contributed by atoms with Gasteiger partial charge in [0.15, 0.2) is 0 Å². The normalized spacial score (nSPS) is 19.1. The predicted molar refractivity (Wildman–Crippen MR) is 69.1 cm³/mol. The van der Waals surface area contributed by atoms with Gasteiger partial charge in [-0.3, -0.25) is 9.59 Å². The SMILES string of the molecule is CNC(=O)C1CCCN(C(=O)c2cccc(F)c2)C1. The second-order valence-corrected chi connectivity index (χ2v) is 4.71. The zero-order chi connectivity index (χ0) is 13.8. The fraction of sp³-hybridized carbons (Fsp3) is 0.429. The van der Waals surface area contributed by atoms with E-state index in [-0.39, 0.29) is 17.7 Å². The first-order chi connectivity index (χ1) is 9.11. The first-order valence-corrected chi connectivity index (χ1v) is 6.38. The molecule has 2 amide bonds. The van der Waals surface area contributed by atoms with Crippen LogP contribution in [0.4, 0.5) is 4.39 Å². The van der Waals surface area contributed by atoms with Crippen molar-refractivity contribution in [3.8, 4) is 0 Å². The van der Waals surface area contributed by atoms with Crippen LogP contribution in [0.5, 0.6) is 0 Å². The Morgan fingerprint density at radius 1 is 1.42 bits per heavy atom. The van der Waals surface area contributed by atoms with Gasteiger partial charge in [0.25, 0.3) is 5.91 Å². The number of nitrogens with zero attached hydrogens (tertiary/aromatic N) is 1. The molecule has 1 aliphatic heterocycles. The van der Waals surface area contributed by atoms with Gasteiger partial charge in [-0.15, -0.1) is 0 Å². The summed E-state index contributed by atoms with van der Waals surface area (Å²) in [7, 11) is 1.59. The van der Waals surface area contributed by atoms with E-state index in [9.17, 15) is 14.0 Å². The first kappa shape index (κ1) is 13.5. The molecule has 0 aromatic heterocycles. The molecule has 1 aromatic carbocycles. The molecule has 1 saturated heterocycles. The highest BCUT2D eigenvalue weighted by molar-refractivity contribution is 5.94. The fourth-order valence-electron chi connectivity index (χ4n) is 2.38. The van der Waals surface area contributed by atoms with Crippen LogP contribution in [-0.2, 0) is 4.79 Å². The van der Waals surface area contributed by atoms with Crippen molar-refractivity contribution >= 4 is 11.8 Å². The van der Waals surface area contributed by atoms with E-state index in [1.54, 1.807) is 18.0 Å². The number of likely N-dealkylation sites (tertiary alicyclic amines) is 1. The lowest BCUT2D eigenvalue weighted by Crippen LogP contribution is -2.44. The Morgan fingerprint density at radius 2 is 2.21 bits per heavy atom. The number of benzene rings is 1. The van der Waals surface area contributed by atoms with Crippen molar-refractivity contribution in [2.24, 2.45) is 5.92 Å². The van der Waals surface area contributed by atoms with E-state index in [0.717, 1.165) is 12.8 Å². The number of amides is 2. The number of hydrogen-bond acceptors (Lipinski definition) is 2. The van der Waals surface area contributed by atoms with E-state index in [0.29, 0.717) is 18.7 Å². The molecule has 1 aliphatic rings. The van der Waals surface area contributed by atoms with Crippen LogP contribution in [0.25, 0.3) is 0 Å². The third kappa shape index (κ3) is 3.10. The molecule has 102 valence electrons. The van der Waals surface area contributed by atoms with Crippen molar-refractivity contribution in [1.82, 2.24) is 10.2 Å². The Balaban J connectivity index is 2.09. The topological polar surface area (TPSA) is 49.4 Å². The van der Waals surface area contributed by atoms with E-state index < -0.39 is 5.82 Å². The van der Waals surface area contributed by atoms with Crippen LogP contribution < -0.4 is 5.32 Å². The number of nitrogens with one attached hydrogen (secondary N) is 1. The van der Waals surface area contributed by atoms with Crippen LogP contribution in [0.15, 0.2) is 24.3 Å². The van der Waals surface area contributed by atoms with Gasteiger partial charge in [0.2, 0.25) is 5.91 Å². The average Bonchev–Trinajstić information content (AvgIpc) is 2.45. The van der Waals surface area contributed by atoms with Crippen LogP contribution in [0.1, 0.15) is 23.2 Å². The van der Waals surface area contributed by atoms with Gasteiger partial charge < -0.3 is 10.2 Å². The molecule has 0 aliphatic carbocycles. The maximum atomic E-state index is 13.1. The summed E-state index contributed by atoms with van der Waals surface area (Å²) in [5, 5.41) is 2.61. The molecule has 1 atom stereocenters. The number of hydrogen-bond donors (Lipinski definition) is 1. The molecule has 4 nitrogen and oxygen atoms in total. The molecule has 0 saturated carbocycles. The van der Waals surface area contributed by atoms with Crippen molar-refractivity contribution in [3.63, 3.8) is 0 Å².